The molecule has 0 amide bonds. The molecule has 2 nitrogen and oxygen atoms in total. The van der Waals surface area contributed by atoms with E-state index in [1.165, 1.54) is 0 Å². The molecule has 0 bridgehead atoms. The number of hydrogen-bond donors (Lipinski definition) is 1. The summed E-state index contributed by atoms with van der Waals surface area (Å²) >= 11 is 3.39. The van der Waals surface area contributed by atoms with Crippen LogP contribution in [-0.4, -0.2) is 11.1 Å². The maximum atomic E-state index is 11.5. The van der Waals surface area contributed by atoms with Gasteiger partial charge >= 0.3 is 5.97 Å². The topological polar surface area (TPSA) is 37.3 Å². The van der Waals surface area contributed by atoms with Crippen molar-refractivity contribution in [1.82, 2.24) is 0 Å². The number of carboxylic acids is 1. The van der Waals surface area contributed by atoms with Gasteiger partial charge in [-0.1, -0.05) is 41.9 Å². The highest BCUT2D eigenvalue weighted by Gasteiger charge is 2.55. The summed E-state index contributed by atoms with van der Waals surface area (Å²) in [7, 11) is 0. The number of carbonyl (C=O) groups is 1. The van der Waals surface area contributed by atoms with Crippen molar-refractivity contribution in [1.29, 1.82) is 0 Å². The third-order valence-corrected chi connectivity index (χ3v) is 3.84. The lowest BCUT2D eigenvalue weighted by Crippen LogP contribution is -2.52. The van der Waals surface area contributed by atoms with E-state index in [1.54, 1.807) is 0 Å². The minimum atomic E-state index is -0.704. The summed E-state index contributed by atoms with van der Waals surface area (Å²) in [6.07, 6.45) is 1.43. The average molecular weight is 283 g/mol. The van der Waals surface area contributed by atoms with Gasteiger partial charge in [-0.2, -0.15) is 0 Å². The first kappa shape index (κ1) is 11.6. The van der Waals surface area contributed by atoms with Crippen LogP contribution in [0.3, 0.4) is 0 Å². The van der Waals surface area contributed by atoms with Gasteiger partial charge in [0.25, 0.3) is 0 Å². The van der Waals surface area contributed by atoms with E-state index in [9.17, 15) is 9.90 Å². The largest absolute Gasteiger partial charge is 0.481 e. The summed E-state index contributed by atoms with van der Waals surface area (Å²) in [5.74, 6) is -0.704. The lowest BCUT2D eigenvalue weighted by molar-refractivity contribution is -0.153. The Morgan fingerprint density at radius 1 is 1.38 bits per heavy atom. The first-order valence-electron chi connectivity index (χ1n) is 5.35. The molecule has 3 heteroatoms. The minimum absolute atomic E-state index is 0.140. The predicted molar refractivity (Wildman–Crippen MR) is 66.5 cm³/mol. The highest BCUT2D eigenvalue weighted by molar-refractivity contribution is 9.10. The van der Waals surface area contributed by atoms with Gasteiger partial charge in [-0.05, 0) is 36.0 Å². The van der Waals surface area contributed by atoms with Crippen LogP contribution in [0.25, 0.3) is 0 Å². The third-order valence-electron chi connectivity index (χ3n) is 3.35. The fraction of sp³-hybridized carbons (Fsp3) is 0.462. The molecule has 2 rings (SSSR count). The molecule has 1 fully saturated rings. The molecule has 1 saturated carbocycles. The zero-order valence-corrected chi connectivity index (χ0v) is 11.0. The number of rotatable bonds is 2. The van der Waals surface area contributed by atoms with Crippen molar-refractivity contribution in [3.63, 3.8) is 0 Å². The van der Waals surface area contributed by atoms with E-state index in [1.807, 2.05) is 24.3 Å². The second-order valence-electron chi connectivity index (χ2n) is 5.42. The van der Waals surface area contributed by atoms with Crippen LogP contribution in [0.15, 0.2) is 28.7 Å². The van der Waals surface area contributed by atoms with Crippen LogP contribution in [-0.2, 0) is 10.2 Å². The van der Waals surface area contributed by atoms with E-state index in [0.717, 1.165) is 10.0 Å². The Morgan fingerprint density at radius 2 is 2.00 bits per heavy atom. The van der Waals surface area contributed by atoms with Gasteiger partial charge in [0.15, 0.2) is 0 Å². The monoisotopic (exact) mass is 282 g/mol. The number of benzene rings is 1. The number of aliphatic carboxylic acids is 1. The molecule has 1 aromatic carbocycles. The highest BCUT2D eigenvalue weighted by atomic mass is 79.9. The summed E-state index contributed by atoms with van der Waals surface area (Å²) in [4.78, 5) is 11.5. The molecule has 0 saturated heterocycles. The summed E-state index contributed by atoms with van der Waals surface area (Å²) in [6.45, 7) is 4.23. The van der Waals surface area contributed by atoms with Crippen molar-refractivity contribution in [3.05, 3.63) is 34.3 Å². The van der Waals surface area contributed by atoms with Crippen LogP contribution >= 0.6 is 15.9 Å². The van der Waals surface area contributed by atoms with Gasteiger partial charge in [-0.3, -0.25) is 4.79 Å². The van der Waals surface area contributed by atoms with Crippen LogP contribution in [0.4, 0.5) is 0 Å². The smallest absolute Gasteiger partial charge is 0.314 e. The predicted octanol–water partition coefficient (Wildman–Crippen LogP) is 3.59. The van der Waals surface area contributed by atoms with Crippen LogP contribution < -0.4 is 0 Å². The maximum Gasteiger partial charge on any atom is 0.314 e. The Labute approximate surface area is 104 Å². The Morgan fingerprint density at radius 3 is 2.44 bits per heavy atom. The minimum Gasteiger partial charge on any atom is -0.481 e. The molecular weight excluding hydrogens is 268 g/mol. The van der Waals surface area contributed by atoms with Gasteiger partial charge in [0, 0.05) is 4.47 Å². The molecule has 1 N–H and O–H groups in total. The van der Waals surface area contributed by atoms with Crippen molar-refractivity contribution in [2.24, 2.45) is 5.41 Å². The van der Waals surface area contributed by atoms with Crippen LogP contribution in [0, 0.1) is 5.41 Å². The molecule has 0 spiro atoms. The second-order valence-corrected chi connectivity index (χ2v) is 6.33. The van der Waals surface area contributed by atoms with Crippen LogP contribution in [0.1, 0.15) is 32.3 Å². The first-order valence-corrected chi connectivity index (χ1v) is 6.15. The van der Waals surface area contributed by atoms with E-state index < -0.39 is 11.4 Å². The Bertz CT molecular complexity index is 429. The molecule has 1 aliphatic rings. The van der Waals surface area contributed by atoms with Crippen LogP contribution in [0.5, 0.6) is 0 Å². The van der Waals surface area contributed by atoms with Crippen molar-refractivity contribution in [2.45, 2.75) is 32.1 Å². The molecule has 0 aliphatic heterocycles. The molecule has 0 aromatic heterocycles. The zero-order chi connectivity index (χ0) is 12.0. The van der Waals surface area contributed by atoms with Gasteiger partial charge in [0.1, 0.15) is 0 Å². The van der Waals surface area contributed by atoms with Crippen molar-refractivity contribution in [3.8, 4) is 0 Å². The van der Waals surface area contributed by atoms with E-state index in [0.29, 0.717) is 12.8 Å². The van der Waals surface area contributed by atoms with E-state index in [2.05, 4.69) is 29.8 Å². The standard InChI is InChI=1S/C13H15BrO2/c1-12(2)7-13(8-12,11(15)16)9-4-3-5-10(14)6-9/h3-6H,7-8H2,1-2H3,(H,15,16). The fourth-order valence-corrected chi connectivity index (χ4v) is 3.25. The average Bonchev–Trinajstić information content (AvgIpc) is 2.13. The van der Waals surface area contributed by atoms with Gasteiger partial charge in [0.05, 0.1) is 5.41 Å². The quantitative estimate of drug-likeness (QED) is 0.900. The number of hydrogen-bond acceptors (Lipinski definition) is 1. The second kappa shape index (κ2) is 3.59. The van der Waals surface area contributed by atoms with Crippen LogP contribution in [0.2, 0.25) is 0 Å². The summed E-state index contributed by atoms with van der Waals surface area (Å²) in [6, 6.07) is 7.65. The molecular formula is C13H15BrO2. The van der Waals surface area contributed by atoms with E-state index in [4.69, 9.17) is 0 Å². The normalized spacial score (nSPS) is 21.2. The molecule has 0 atom stereocenters. The Hall–Kier alpha value is -0.830. The van der Waals surface area contributed by atoms with Crippen molar-refractivity contribution < 1.29 is 9.90 Å². The molecule has 16 heavy (non-hydrogen) atoms. The Kier molecular flexibility index (Phi) is 2.61. The summed E-state index contributed by atoms with van der Waals surface area (Å²) in [5.41, 5.74) is 0.377. The zero-order valence-electron chi connectivity index (χ0n) is 9.46. The third kappa shape index (κ3) is 1.77. The molecule has 0 unspecified atom stereocenters. The lowest BCUT2D eigenvalue weighted by atomic mass is 9.52. The van der Waals surface area contributed by atoms with Gasteiger partial charge in [0.2, 0.25) is 0 Å². The molecule has 1 aromatic rings. The number of halogens is 1. The van der Waals surface area contributed by atoms with E-state index in [-0.39, 0.29) is 5.41 Å². The SMILES string of the molecule is CC1(C)CC(C(=O)O)(c2cccc(Br)c2)C1. The molecule has 0 heterocycles. The van der Waals surface area contributed by atoms with Gasteiger partial charge in [-0.25, -0.2) is 0 Å². The van der Waals surface area contributed by atoms with E-state index >= 15 is 0 Å². The first-order chi connectivity index (χ1) is 7.36. The van der Waals surface area contributed by atoms with Gasteiger partial charge < -0.3 is 5.11 Å². The van der Waals surface area contributed by atoms with Crippen molar-refractivity contribution >= 4 is 21.9 Å². The Balaban J connectivity index is 2.40. The number of carboxylic acid groups (broad SMARTS) is 1. The summed E-state index contributed by atoms with van der Waals surface area (Å²) < 4.78 is 0.940. The molecule has 1 aliphatic carbocycles. The molecule has 86 valence electrons. The maximum absolute atomic E-state index is 11.5. The summed E-state index contributed by atoms with van der Waals surface area (Å²) in [5, 5.41) is 9.44. The molecule has 0 radical (unpaired) electrons. The highest BCUT2D eigenvalue weighted by Crippen LogP contribution is 2.55. The lowest BCUT2D eigenvalue weighted by Gasteiger charge is -2.50. The van der Waals surface area contributed by atoms with Gasteiger partial charge in [-0.15, -0.1) is 0 Å². The van der Waals surface area contributed by atoms with Crippen molar-refractivity contribution in [2.75, 3.05) is 0 Å². The fourth-order valence-electron chi connectivity index (χ4n) is 2.85.